The van der Waals surface area contributed by atoms with Crippen LogP contribution in [0.15, 0.2) is 84.9 Å². The van der Waals surface area contributed by atoms with Gasteiger partial charge in [-0.1, -0.05) is 72.5 Å². The molecule has 5 heteroatoms. The number of hydrogen-bond acceptors (Lipinski definition) is 2. The Morgan fingerprint density at radius 1 is 0.935 bits per heavy atom. The van der Waals surface area contributed by atoms with Crippen LogP contribution in [0.4, 0.5) is 10.5 Å². The molecule has 5 nitrogen and oxygen atoms in total. The minimum atomic E-state index is -0.380. The quantitative estimate of drug-likeness (QED) is 0.634. The molecule has 0 aliphatic carbocycles. The minimum absolute atomic E-state index is 0.0760. The van der Waals surface area contributed by atoms with Crippen molar-refractivity contribution in [1.82, 2.24) is 10.6 Å². The van der Waals surface area contributed by atoms with Gasteiger partial charge in [-0.3, -0.25) is 9.69 Å². The topological polar surface area (TPSA) is 61.4 Å². The van der Waals surface area contributed by atoms with Crippen LogP contribution in [0.2, 0.25) is 0 Å². The van der Waals surface area contributed by atoms with Crippen LogP contribution in [-0.4, -0.2) is 31.6 Å². The second kappa shape index (κ2) is 9.64. The molecule has 3 aromatic carbocycles. The highest BCUT2D eigenvalue weighted by molar-refractivity contribution is 5.94. The summed E-state index contributed by atoms with van der Waals surface area (Å²) in [7, 11) is 0. The Bertz CT molecular complexity index is 1060. The number of urea groups is 1. The van der Waals surface area contributed by atoms with Crippen molar-refractivity contribution >= 4 is 17.6 Å². The molecule has 1 aliphatic rings. The van der Waals surface area contributed by atoms with E-state index in [1.807, 2.05) is 84.9 Å². The van der Waals surface area contributed by atoms with E-state index in [2.05, 4.69) is 22.5 Å². The zero-order valence-corrected chi connectivity index (χ0v) is 17.0. The molecule has 0 saturated carbocycles. The highest BCUT2D eigenvalue weighted by Gasteiger charge is 2.22. The van der Waals surface area contributed by atoms with Crippen molar-refractivity contribution in [3.8, 4) is 11.8 Å². The lowest BCUT2D eigenvalue weighted by Crippen LogP contribution is -2.30. The van der Waals surface area contributed by atoms with Gasteiger partial charge in [0.05, 0.1) is 12.5 Å². The SMILES string of the molecule is O=C(NCC#Cc1ccc(N2CCNC2=O)cc1)C(c1ccccc1)c1ccccc1. The first kappa shape index (κ1) is 20.2. The minimum Gasteiger partial charge on any atom is -0.344 e. The Morgan fingerprint density at radius 2 is 1.55 bits per heavy atom. The summed E-state index contributed by atoms with van der Waals surface area (Å²) in [6.07, 6.45) is 0. The predicted octanol–water partition coefficient (Wildman–Crippen LogP) is 3.52. The molecule has 0 spiro atoms. The molecular formula is C26H23N3O2. The van der Waals surface area contributed by atoms with Crippen molar-refractivity contribution in [2.24, 2.45) is 0 Å². The second-order valence-corrected chi connectivity index (χ2v) is 7.20. The van der Waals surface area contributed by atoms with E-state index in [0.29, 0.717) is 13.1 Å². The summed E-state index contributed by atoms with van der Waals surface area (Å²) >= 11 is 0. The molecule has 3 amide bonds. The molecule has 0 atom stereocenters. The van der Waals surface area contributed by atoms with Gasteiger partial charge < -0.3 is 10.6 Å². The fourth-order valence-corrected chi connectivity index (χ4v) is 3.61. The Labute approximate surface area is 182 Å². The molecule has 0 bridgehead atoms. The van der Waals surface area contributed by atoms with Crippen LogP contribution in [0.1, 0.15) is 22.6 Å². The first-order valence-corrected chi connectivity index (χ1v) is 10.2. The number of nitrogens with zero attached hydrogens (tertiary/aromatic N) is 1. The van der Waals surface area contributed by atoms with Crippen molar-refractivity contribution in [2.45, 2.75) is 5.92 Å². The standard InChI is InChI=1S/C26H23N3O2/c30-25(24(21-9-3-1-4-10-21)22-11-5-2-6-12-22)27-17-7-8-20-13-15-23(16-14-20)29-19-18-28-26(29)31/h1-6,9-16,24H,17-19H2,(H,27,30)(H,28,31). The summed E-state index contributed by atoms with van der Waals surface area (Å²) in [5, 5.41) is 5.72. The molecule has 1 fully saturated rings. The maximum Gasteiger partial charge on any atom is 0.321 e. The zero-order chi connectivity index (χ0) is 21.5. The van der Waals surface area contributed by atoms with E-state index in [-0.39, 0.29) is 24.4 Å². The van der Waals surface area contributed by atoms with Gasteiger partial charge in [0.15, 0.2) is 0 Å². The van der Waals surface area contributed by atoms with Crippen LogP contribution in [0.3, 0.4) is 0 Å². The molecule has 154 valence electrons. The third kappa shape index (κ3) is 4.93. The molecule has 1 heterocycles. The first-order valence-electron chi connectivity index (χ1n) is 10.2. The largest absolute Gasteiger partial charge is 0.344 e. The predicted molar refractivity (Wildman–Crippen MR) is 122 cm³/mol. The van der Waals surface area contributed by atoms with Gasteiger partial charge in [-0.05, 0) is 35.4 Å². The maximum absolute atomic E-state index is 13.0. The van der Waals surface area contributed by atoms with Crippen molar-refractivity contribution in [3.05, 3.63) is 102 Å². The third-order valence-corrected chi connectivity index (χ3v) is 5.15. The van der Waals surface area contributed by atoms with Gasteiger partial charge in [-0.15, -0.1) is 0 Å². The number of hydrogen-bond donors (Lipinski definition) is 2. The Kier molecular flexibility index (Phi) is 6.29. The van der Waals surface area contributed by atoms with Crippen LogP contribution in [0.25, 0.3) is 0 Å². The molecule has 0 aromatic heterocycles. The second-order valence-electron chi connectivity index (χ2n) is 7.20. The first-order chi connectivity index (χ1) is 15.2. The maximum atomic E-state index is 13.0. The molecule has 1 saturated heterocycles. The van der Waals surface area contributed by atoms with Crippen molar-refractivity contribution in [1.29, 1.82) is 0 Å². The van der Waals surface area contributed by atoms with E-state index in [1.165, 1.54) is 0 Å². The molecular weight excluding hydrogens is 386 g/mol. The van der Waals surface area contributed by atoms with Gasteiger partial charge in [0.25, 0.3) is 0 Å². The van der Waals surface area contributed by atoms with E-state index < -0.39 is 0 Å². The number of amides is 3. The summed E-state index contributed by atoms with van der Waals surface area (Å²) in [4.78, 5) is 26.4. The Balaban J connectivity index is 1.40. The normalized spacial score (nSPS) is 12.8. The molecule has 0 unspecified atom stereocenters. The average Bonchev–Trinajstić information content (AvgIpc) is 3.24. The van der Waals surface area contributed by atoms with Crippen LogP contribution in [0, 0.1) is 11.8 Å². The molecule has 1 aliphatic heterocycles. The van der Waals surface area contributed by atoms with Gasteiger partial charge in [-0.2, -0.15) is 0 Å². The Morgan fingerprint density at radius 3 is 2.10 bits per heavy atom. The number of carbonyl (C=O) groups is 2. The number of rotatable bonds is 5. The van der Waals surface area contributed by atoms with Gasteiger partial charge >= 0.3 is 6.03 Å². The van der Waals surface area contributed by atoms with Gasteiger partial charge in [0.1, 0.15) is 0 Å². The lowest BCUT2D eigenvalue weighted by atomic mass is 9.90. The fraction of sp³-hybridized carbons (Fsp3) is 0.154. The molecule has 4 rings (SSSR count). The summed E-state index contributed by atoms with van der Waals surface area (Å²) in [6.45, 7) is 1.58. The summed E-state index contributed by atoms with van der Waals surface area (Å²) in [6, 6.07) is 26.9. The van der Waals surface area contributed by atoms with E-state index in [9.17, 15) is 9.59 Å². The van der Waals surface area contributed by atoms with Crippen LogP contribution >= 0.6 is 0 Å². The lowest BCUT2D eigenvalue weighted by molar-refractivity contribution is -0.121. The molecule has 31 heavy (non-hydrogen) atoms. The number of nitrogens with one attached hydrogen (secondary N) is 2. The van der Waals surface area contributed by atoms with E-state index in [4.69, 9.17) is 0 Å². The van der Waals surface area contributed by atoms with Crippen LogP contribution < -0.4 is 15.5 Å². The van der Waals surface area contributed by atoms with E-state index in [1.54, 1.807) is 4.90 Å². The monoisotopic (exact) mass is 409 g/mol. The third-order valence-electron chi connectivity index (χ3n) is 5.15. The van der Waals surface area contributed by atoms with Gasteiger partial charge in [0, 0.05) is 24.3 Å². The van der Waals surface area contributed by atoms with Crippen molar-refractivity contribution in [2.75, 3.05) is 24.5 Å². The smallest absolute Gasteiger partial charge is 0.321 e. The van der Waals surface area contributed by atoms with Crippen LogP contribution in [0.5, 0.6) is 0 Å². The van der Waals surface area contributed by atoms with E-state index in [0.717, 1.165) is 22.4 Å². The highest BCUT2D eigenvalue weighted by atomic mass is 16.2. The summed E-state index contributed by atoms with van der Waals surface area (Å²) in [5.74, 6) is 5.62. The van der Waals surface area contributed by atoms with Gasteiger partial charge in [0.2, 0.25) is 5.91 Å². The van der Waals surface area contributed by atoms with Crippen molar-refractivity contribution in [3.63, 3.8) is 0 Å². The summed E-state index contributed by atoms with van der Waals surface area (Å²) < 4.78 is 0. The summed E-state index contributed by atoms with van der Waals surface area (Å²) in [5.41, 5.74) is 3.57. The highest BCUT2D eigenvalue weighted by Crippen LogP contribution is 2.24. The van der Waals surface area contributed by atoms with Crippen LogP contribution in [-0.2, 0) is 4.79 Å². The number of anilines is 1. The molecule has 2 N–H and O–H groups in total. The number of benzene rings is 3. The fourth-order valence-electron chi connectivity index (χ4n) is 3.61. The average molecular weight is 409 g/mol. The molecule has 0 radical (unpaired) electrons. The lowest BCUT2D eigenvalue weighted by Gasteiger charge is -2.17. The van der Waals surface area contributed by atoms with E-state index >= 15 is 0 Å². The van der Waals surface area contributed by atoms with Gasteiger partial charge in [-0.25, -0.2) is 4.79 Å². The van der Waals surface area contributed by atoms with Crippen molar-refractivity contribution < 1.29 is 9.59 Å². The zero-order valence-electron chi connectivity index (χ0n) is 17.0. The molecule has 3 aromatic rings. The Hall–Kier alpha value is -4.04. The number of carbonyl (C=O) groups excluding carboxylic acids is 2.